The van der Waals surface area contributed by atoms with Crippen LogP contribution in [0, 0.1) is 0 Å². The van der Waals surface area contributed by atoms with E-state index in [2.05, 4.69) is 10.2 Å². The summed E-state index contributed by atoms with van der Waals surface area (Å²) >= 11 is 1.50. The molecule has 0 spiro atoms. The van der Waals surface area contributed by atoms with E-state index >= 15 is 0 Å². The van der Waals surface area contributed by atoms with Crippen LogP contribution in [0.25, 0.3) is 0 Å². The van der Waals surface area contributed by atoms with E-state index < -0.39 is 0 Å². The average Bonchev–Trinajstić information content (AvgIpc) is 2.90. The lowest BCUT2D eigenvalue weighted by molar-refractivity contribution is -0.118. The van der Waals surface area contributed by atoms with Gasteiger partial charge in [-0.15, -0.1) is 10.2 Å². The molecular formula is C15H18N4O3S. The first-order valence-electron chi connectivity index (χ1n) is 6.98. The fourth-order valence-electron chi connectivity index (χ4n) is 1.98. The van der Waals surface area contributed by atoms with Crippen LogP contribution in [0.5, 0.6) is 0 Å². The number of aromatic nitrogens is 3. The Balaban J connectivity index is 2.01. The third-order valence-corrected chi connectivity index (χ3v) is 4.33. The maximum atomic E-state index is 11.5. The minimum Gasteiger partial charge on any atom is -0.465 e. The molecular weight excluding hydrogens is 316 g/mol. The van der Waals surface area contributed by atoms with Crippen molar-refractivity contribution in [2.45, 2.75) is 23.8 Å². The topological polar surface area (TPSA) is 100 Å². The summed E-state index contributed by atoms with van der Waals surface area (Å²) < 4.78 is 6.56. The van der Waals surface area contributed by atoms with Crippen molar-refractivity contribution < 1.29 is 14.3 Å². The Hall–Kier alpha value is -2.35. The lowest BCUT2D eigenvalue weighted by atomic mass is 10.1. The van der Waals surface area contributed by atoms with Gasteiger partial charge in [-0.3, -0.25) is 4.79 Å². The Morgan fingerprint density at radius 3 is 2.83 bits per heavy atom. The molecule has 0 unspecified atom stereocenters. The number of rotatable bonds is 7. The number of hydrogen-bond donors (Lipinski definition) is 1. The van der Waals surface area contributed by atoms with Crippen LogP contribution in [0.15, 0.2) is 29.4 Å². The highest BCUT2D eigenvalue weighted by Crippen LogP contribution is 2.22. The van der Waals surface area contributed by atoms with Gasteiger partial charge in [0.05, 0.1) is 12.7 Å². The molecule has 2 N–H and O–H groups in total. The standard InChI is InChI=1S/C15H18N4O3S/c1-19-13(7-6-12(16)20)17-18-15(19)23-9-10-4-3-5-11(8-10)14(21)22-2/h3-5,8H,6-7,9H2,1-2H3,(H2,16,20). The van der Waals surface area contributed by atoms with Gasteiger partial charge in [0.15, 0.2) is 5.16 Å². The van der Waals surface area contributed by atoms with Gasteiger partial charge in [0, 0.05) is 25.6 Å². The molecule has 2 aromatic rings. The van der Waals surface area contributed by atoms with Gasteiger partial charge < -0.3 is 15.0 Å². The molecule has 7 nitrogen and oxygen atoms in total. The van der Waals surface area contributed by atoms with Gasteiger partial charge in [0.2, 0.25) is 5.91 Å². The van der Waals surface area contributed by atoms with E-state index in [1.165, 1.54) is 18.9 Å². The third kappa shape index (κ3) is 4.56. The van der Waals surface area contributed by atoms with Crippen molar-refractivity contribution in [2.75, 3.05) is 7.11 Å². The Morgan fingerprint density at radius 1 is 1.35 bits per heavy atom. The van der Waals surface area contributed by atoms with Crippen LogP contribution in [0.1, 0.15) is 28.2 Å². The largest absolute Gasteiger partial charge is 0.465 e. The molecule has 0 bridgehead atoms. The first kappa shape index (κ1) is 17.0. The number of methoxy groups -OCH3 is 1. The number of benzene rings is 1. The third-order valence-electron chi connectivity index (χ3n) is 3.24. The second-order valence-electron chi connectivity index (χ2n) is 4.90. The first-order chi connectivity index (χ1) is 11.0. The number of esters is 1. The van der Waals surface area contributed by atoms with E-state index in [9.17, 15) is 9.59 Å². The van der Waals surface area contributed by atoms with E-state index in [0.717, 1.165) is 16.5 Å². The zero-order valence-electron chi connectivity index (χ0n) is 13.0. The number of thioether (sulfide) groups is 1. The van der Waals surface area contributed by atoms with Crippen LogP contribution >= 0.6 is 11.8 Å². The lowest BCUT2D eigenvalue weighted by Crippen LogP contribution is -2.12. The highest BCUT2D eigenvalue weighted by atomic mass is 32.2. The molecule has 0 radical (unpaired) electrons. The molecule has 0 aliphatic rings. The number of carbonyl (C=O) groups is 2. The molecule has 1 aromatic carbocycles. The monoisotopic (exact) mass is 334 g/mol. The van der Waals surface area contributed by atoms with Crippen molar-refractivity contribution in [3.63, 3.8) is 0 Å². The van der Waals surface area contributed by atoms with E-state index in [1.54, 1.807) is 12.1 Å². The molecule has 0 atom stereocenters. The molecule has 23 heavy (non-hydrogen) atoms. The Morgan fingerprint density at radius 2 is 2.13 bits per heavy atom. The van der Waals surface area contributed by atoms with E-state index in [4.69, 9.17) is 10.5 Å². The molecule has 8 heteroatoms. The number of amides is 1. The minimum absolute atomic E-state index is 0.248. The second-order valence-corrected chi connectivity index (χ2v) is 5.85. The summed E-state index contributed by atoms with van der Waals surface area (Å²) in [6.07, 6.45) is 0.717. The number of aryl methyl sites for hydroxylation is 1. The van der Waals surface area contributed by atoms with Crippen molar-refractivity contribution in [3.8, 4) is 0 Å². The summed E-state index contributed by atoms with van der Waals surface area (Å²) in [6.45, 7) is 0. The van der Waals surface area contributed by atoms with Crippen LogP contribution in [0.4, 0.5) is 0 Å². The van der Waals surface area contributed by atoms with Crippen LogP contribution in [-0.4, -0.2) is 33.8 Å². The fraction of sp³-hybridized carbons (Fsp3) is 0.333. The van der Waals surface area contributed by atoms with Gasteiger partial charge in [-0.2, -0.15) is 0 Å². The zero-order chi connectivity index (χ0) is 16.8. The second kappa shape index (κ2) is 7.77. The van der Waals surface area contributed by atoms with Crippen molar-refractivity contribution in [3.05, 3.63) is 41.2 Å². The highest BCUT2D eigenvalue weighted by molar-refractivity contribution is 7.98. The molecule has 1 heterocycles. The maximum absolute atomic E-state index is 11.5. The minimum atomic E-state index is -0.359. The Kier molecular flexibility index (Phi) is 5.75. The zero-order valence-corrected chi connectivity index (χ0v) is 13.8. The van der Waals surface area contributed by atoms with E-state index in [1.807, 2.05) is 23.7 Å². The molecule has 0 aliphatic heterocycles. The number of nitrogens with zero attached hydrogens (tertiary/aromatic N) is 3. The summed E-state index contributed by atoms with van der Waals surface area (Å²) in [5.41, 5.74) is 6.65. The quantitative estimate of drug-likeness (QED) is 0.605. The van der Waals surface area contributed by atoms with Gasteiger partial charge in [0.25, 0.3) is 0 Å². The van der Waals surface area contributed by atoms with Crippen molar-refractivity contribution in [1.29, 1.82) is 0 Å². The number of hydrogen-bond acceptors (Lipinski definition) is 6. The Bertz CT molecular complexity index is 714. The summed E-state index contributed by atoms with van der Waals surface area (Å²) in [5.74, 6) is 0.646. The number of primary amides is 1. The highest BCUT2D eigenvalue weighted by Gasteiger charge is 2.11. The molecule has 0 saturated carbocycles. The first-order valence-corrected chi connectivity index (χ1v) is 7.96. The molecule has 2 rings (SSSR count). The summed E-state index contributed by atoms with van der Waals surface area (Å²) in [5, 5.41) is 8.93. The molecule has 1 amide bonds. The average molecular weight is 334 g/mol. The van der Waals surface area contributed by atoms with Gasteiger partial charge in [-0.05, 0) is 17.7 Å². The van der Waals surface area contributed by atoms with Gasteiger partial charge in [0.1, 0.15) is 5.82 Å². The van der Waals surface area contributed by atoms with Crippen molar-refractivity contribution >= 4 is 23.6 Å². The molecule has 0 saturated heterocycles. The fourth-order valence-corrected chi connectivity index (χ4v) is 2.85. The SMILES string of the molecule is COC(=O)c1cccc(CSc2nnc(CCC(N)=O)n2C)c1. The smallest absolute Gasteiger partial charge is 0.337 e. The van der Waals surface area contributed by atoms with Gasteiger partial charge in [-0.1, -0.05) is 23.9 Å². The van der Waals surface area contributed by atoms with E-state index in [0.29, 0.717) is 17.7 Å². The molecule has 0 aliphatic carbocycles. The van der Waals surface area contributed by atoms with Crippen molar-refractivity contribution in [1.82, 2.24) is 14.8 Å². The lowest BCUT2D eigenvalue weighted by Gasteiger charge is -2.05. The molecule has 1 aromatic heterocycles. The normalized spacial score (nSPS) is 10.5. The number of ether oxygens (including phenoxy) is 1. The van der Waals surface area contributed by atoms with Crippen LogP contribution < -0.4 is 5.73 Å². The van der Waals surface area contributed by atoms with Crippen LogP contribution in [0.2, 0.25) is 0 Å². The summed E-state index contributed by atoms with van der Waals surface area (Å²) in [6, 6.07) is 7.26. The summed E-state index contributed by atoms with van der Waals surface area (Å²) in [4.78, 5) is 22.4. The van der Waals surface area contributed by atoms with Crippen LogP contribution in [0.3, 0.4) is 0 Å². The molecule has 122 valence electrons. The van der Waals surface area contributed by atoms with Crippen LogP contribution in [-0.2, 0) is 28.8 Å². The van der Waals surface area contributed by atoms with Gasteiger partial charge >= 0.3 is 5.97 Å². The van der Waals surface area contributed by atoms with E-state index in [-0.39, 0.29) is 18.3 Å². The van der Waals surface area contributed by atoms with Gasteiger partial charge in [-0.25, -0.2) is 4.79 Å². The number of nitrogens with two attached hydrogens (primary N) is 1. The Labute approximate surface area is 138 Å². The predicted molar refractivity (Wildman–Crippen MR) is 85.9 cm³/mol. The van der Waals surface area contributed by atoms with Crippen molar-refractivity contribution in [2.24, 2.45) is 12.8 Å². The molecule has 0 fully saturated rings. The maximum Gasteiger partial charge on any atom is 0.337 e. The number of carbonyl (C=O) groups excluding carboxylic acids is 2. The predicted octanol–water partition coefficient (Wildman–Crippen LogP) is 1.31. The summed E-state index contributed by atoms with van der Waals surface area (Å²) in [7, 11) is 3.21.